The van der Waals surface area contributed by atoms with Gasteiger partial charge in [-0.15, -0.1) is 0 Å². The number of thiocarbonyl (C=S) groups is 1. The third-order valence-corrected chi connectivity index (χ3v) is 8.16. The largest absolute Gasteiger partial charge is 0.490 e. The number of para-hydroxylation sites is 1. The minimum Gasteiger partial charge on any atom is -0.490 e. The molecule has 208 valence electrons. The molecule has 6 nitrogen and oxygen atoms in total. The number of methoxy groups -OCH3 is 1. The van der Waals surface area contributed by atoms with Gasteiger partial charge in [0, 0.05) is 30.4 Å². The molecule has 0 unspecified atom stereocenters. The number of nitrogens with zero attached hydrogens (tertiary/aromatic N) is 3. The van der Waals surface area contributed by atoms with Gasteiger partial charge in [0.05, 0.1) is 35.1 Å². The number of pyridine rings is 1. The van der Waals surface area contributed by atoms with Crippen LogP contribution in [0.3, 0.4) is 0 Å². The molecule has 2 aromatic carbocycles. The lowest BCUT2D eigenvalue weighted by Crippen LogP contribution is -2.29. The highest BCUT2D eigenvalue weighted by molar-refractivity contribution is 7.80. The first-order chi connectivity index (χ1) is 19.3. The van der Waals surface area contributed by atoms with Crippen molar-refractivity contribution in [2.24, 2.45) is 0 Å². The van der Waals surface area contributed by atoms with Crippen molar-refractivity contribution in [3.05, 3.63) is 106 Å². The molecule has 1 fully saturated rings. The second-order valence-electron chi connectivity index (χ2n) is 10.1. The van der Waals surface area contributed by atoms with E-state index in [1.54, 1.807) is 7.11 Å². The van der Waals surface area contributed by atoms with Crippen LogP contribution in [0.4, 0.5) is 5.69 Å². The van der Waals surface area contributed by atoms with Gasteiger partial charge in [0.1, 0.15) is 12.4 Å². The van der Waals surface area contributed by atoms with E-state index in [0.29, 0.717) is 29.1 Å². The first kappa shape index (κ1) is 28.1. The van der Waals surface area contributed by atoms with Crippen LogP contribution in [0.1, 0.15) is 52.8 Å². The molecule has 5 rings (SSSR count). The van der Waals surface area contributed by atoms with Crippen LogP contribution in [-0.4, -0.2) is 35.0 Å². The van der Waals surface area contributed by atoms with Crippen molar-refractivity contribution in [2.75, 3.05) is 25.2 Å². The lowest BCUT2D eigenvalue weighted by molar-refractivity contribution is 0.146. The smallest absolute Gasteiger partial charge is 0.174 e. The van der Waals surface area contributed by atoms with Crippen molar-refractivity contribution in [1.29, 1.82) is 0 Å². The fraction of sp³-hybridized carbons (Fsp3) is 0.312. The van der Waals surface area contributed by atoms with Crippen LogP contribution >= 0.6 is 23.8 Å². The SMILES string of the molecule is CCc1cccc(C)c1-n1c(C)cc([C@H]2[C@H](c3ccccn3)NC(=S)N2c2ccc(OCCOC)c(Cl)c2)c1C. The molecule has 0 saturated carbocycles. The van der Waals surface area contributed by atoms with Gasteiger partial charge in [0.25, 0.3) is 0 Å². The molecule has 1 N–H and O–H groups in total. The summed E-state index contributed by atoms with van der Waals surface area (Å²) < 4.78 is 13.3. The number of nitrogens with one attached hydrogen (secondary N) is 1. The van der Waals surface area contributed by atoms with Crippen molar-refractivity contribution in [3.63, 3.8) is 0 Å². The van der Waals surface area contributed by atoms with E-state index >= 15 is 0 Å². The fourth-order valence-corrected chi connectivity index (χ4v) is 6.27. The molecule has 0 radical (unpaired) electrons. The number of rotatable bonds is 9. The van der Waals surface area contributed by atoms with Gasteiger partial charge in [0.15, 0.2) is 5.11 Å². The first-order valence-electron chi connectivity index (χ1n) is 13.5. The van der Waals surface area contributed by atoms with E-state index in [2.05, 4.69) is 66.7 Å². The zero-order valence-corrected chi connectivity index (χ0v) is 25.1. The Hall–Kier alpha value is -3.39. The number of anilines is 1. The second-order valence-corrected chi connectivity index (χ2v) is 10.8. The molecule has 3 heterocycles. The maximum atomic E-state index is 6.70. The zero-order valence-electron chi connectivity index (χ0n) is 23.6. The molecule has 0 spiro atoms. The highest BCUT2D eigenvalue weighted by atomic mass is 35.5. The molecular formula is C32H35ClN4O2S. The number of hydrogen-bond donors (Lipinski definition) is 1. The van der Waals surface area contributed by atoms with Gasteiger partial charge in [-0.3, -0.25) is 4.98 Å². The summed E-state index contributed by atoms with van der Waals surface area (Å²) in [6.45, 7) is 9.67. The third kappa shape index (κ3) is 5.21. The Bertz CT molecular complexity index is 1520. The van der Waals surface area contributed by atoms with E-state index in [1.165, 1.54) is 33.8 Å². The summed E-state index contributed by atoms with van der Waals surface area (Å²) in [5.41, 5.74) is 9.18. The molecule has 40 heavy (non-hydrogen) atoms. The van der Waals surface area contributed by atoms with E-state index in [9.17, 15) is 0 Å². The van der Waals surface area contributed by atoms with E-state index in [-0.39, 0.29) is 12.1 Å². The summed E-state index contributed by atoms with van der Waals surface area (Å²) in [6, 6.07) is 20.3. The molecule has 8 heteroatoms. The van der Waals surface area contributed by atoms with Crippen molar-refractivity contribution < 1.29 is 9.47 Å². The standard InChI is InChI=1S/C32H35ClN4O2S/c1-6-23-11-9-10-20(2)30(23)36-21(3)18-25(22(36)4)31-29(27-12-7-8-15-34-27)35-32(40)37(31)24-13-14-28(26(33)19-24)39-17-16-38-5/h7-15,18-19,29,31H,6,16-17H2,1-5H3,(H,35,40)/t29-,31-/m0/s1. The molecule has 0 aliphatic carbocycles. The molecule has 2 aromatic heterocycles. The number of ether oxygens (including phenoxy) is 2. The van der Waals surface area contributed by atoms with Gasteiger partial charge in [-0.1, -0.05) is 42.8 Å². The van der Waals surface area contributed by atoms with Gasteiger partial charge >= 0.3 is 0 Å². The lowest BCUT2D eigenvalue weighted by Gasteiger charge is -2.28. The topological polar surface area (TPSA) is 51.6 Å². The molecule has 0 bridgehead atoms. The van der Waals surface area contributed by atoms with Crippen LogP contribution in [0, 0.1) is 20.8 Å². The molecule has 1 aliphatic heterocycles. The van der Waals surface area contributed by atoms with Gasteiger partial charge in [0.2, 0.25) is 0 Å². The van der Waals surface area contributed by atoms with E-state index in [4.69, 9.17) is 38.3 Å². The van der Waals surface area contributed by atoms with Crippen LogP contribution in [0.2, 0.25) is 5.02 Å². The number of halogens is 1. The summed E-state index contributed by atoms with van der Waals surface area (Å²) >= 11 is 12.7. The van der Waals surface area contributed by atoms with Crippen LogP contribution in [0.15, 0.2) is 66.9 Å². The minimum absolute atomic E-state index is 0.146. The van der Waals surface area contributed by atoms with E-state index in [0.717, 1.165) is 17.8 Å². The van der Waals surface area contributed by atoms with Crippen molar-refractivity contribution in [1.82, 2.24) is 14.9 Å². The fourth-order valence-electron chi connectivity index (χ4n) is 5.70. The Morgan fingerprint density at radius 3 is 2.55 bits per heavy atom. The Morgan fingerprint density at radius 1 is 1.02 bits per heavy atom. The number of aromatic nitrogens is 2. The quantitative estimate of drug-likeness (QED) is 0.168. The van der Waals surface area contributed by atoms with Crippen LogP contribution in [0.25, 0.3) is 5.69 Å². The zero-order chi connectivity index (χ0) is 28.4. The lowest BCUT2D eigenvalue weighted by atomic mass is 9.96. The number of hydrogen-bond acceptors (Lipinski definition) is 4. The summed E-state index contributed by atoms with van der Waals surface area (Å²) in [5, 5.41) is 4.72. The second kappa shape index (κ2) is 12.0. The maximum Gasteiger partial charge on any atom is 0.174 e. The van der Waals surface area contributed by atoms with Crippen molar-refractivity contribution in [3.8, 4) is 11.4 Å². The first-order valence-corrected chi connectivity index (χ1v) is 14.3. The Morgan fingerprint density at radius 2 is 1.85 bits per heavy atom. The number of aryl methyl sites for hydroxylation is 3. The monoisotopic (exact) mass is 574 g/mol. The van der Waals surface area contributed by atoms with Crippen LogP contribution < -0.4 is 15.0 Å². The molecule has 1 saturated heterocycles. The Balaban J connectivity index is 1.64. The van der Waals surface area contributed by atoms with Crippen molar-refractivity contribution >= 4 is 34.6 Å². The summed E-state index contributed by atoms with van der Waals surface area (Å²) in [5.74, 6) is 0.614. The highest BCUT2D eigenvalue weighted by Gasteiger charge is 2.42. The van der Waals surface area contributed by atoms with Crippen LogP contribution in [-0.2, 0) is 11.2 Å². The van der Waals surface area contributed by atoms with Crippen molar-refractivity contribution in [2.45, 2.75) is 46.2 Å². The predicted octanol–water partition coefficient (Wildman–Crippen LogP) is 7.22. The Labute approximate surface area is 246 Å². The summed E-state index contributed by atoms with van der Waals surface area (Å²) in [6.07, 6.45) is 2.78. The Kier molecular flexibility index (Phi) is 8.45. The highest BCUT2D eigenvalue weighted by Crippen LogP contribution is 2.45. The average molecular weight is 575 g/mol. The van der Waals surface area contributed by atoms with E-state index < -0.39 is 0 Å². The summed E-state index contributed by atoms with van der Waals surface area (Å²) in [7, 11) is 1.65. The molecular weight excluding hydrogens is 540 g/mol. The molecule has 0 amide bonds. The third-order valence-electron chi connectivity index (χ3n) is 7.55. The maximum absolute atomic E-state index is 6.70. The molecule has 4 aromatic rings. The van der Waals surface area contributed by atoms with Crippen LogP contribution in [0.5, 0.6) is 5.75 Å². The van der Waals surface area contributed by atoms with Gasteiger partial charge < -0.3 is 24.3 Å². The molecule has 2 atom stereocenters. The average Bonchev–Trinajstić information content (AvgIpc) is 3.44. The van der Waals surface area contributed by atoms with Gasteiger partial charge in [-0.25, -0.2) is 0 Å². The van der Waals surface area contributed by atoms with E-state index in [1.807, 2.05) is 42.6 Å². The van der Waals surface area contributed by atoms with Gasteiger partial charge in [-0.2, -0.15) is 0 Å². The summed E-state index contributed by atoms with van der Waals surface area (Å²) in [4.78, 5) is 6.87. The molecule has 1 aliphatic rings. The number of benzene rings is 2. The van der Waals surface area contributed by atoms with Gasteiger partial charge in [-0.05, 0) is 92.5 Å². The minimum atomic E-state index is -0.151. The normalized spacial score (nSPS) is 16.9. The predicted molar refractivity (Wildman–Crippen MR) is 166 cm³/mol.